The predicted octanol–water partition coefficient (Wildman–Crippen LogP) is 3.81. The molecule has 1 fully saturated rings. The number of nitrogens with zero attached hydrogens (tertiary/aromatic N) is 2. The summed E-state index contributed by atoms with van der Waals surface area (Å²) in [6, 6.07) is 6.58. The number of benzene rings is 1. The van der Waals surface area contributed by atoms with E-state index in [-0.39, 0.29) is 5.41 Å². The third-order valence-electron chi connectivity index (χ3n) is 6.46. The lowest BCUT2D eigenvalue weighted by Crippen LogP contribution is -2.43. The number of rotatable bonds is 1. The van der Waals surface area contributed by atoms with E-state index in [0.717, 1.165) is 43.4 Å². The summed E-state index contributed by atoms with van der Waals surface area (Å²) in [7, 11) is 1.81. The summed E-state index contributed by atoms with van der Waals surface area (Å²) in [5.74, 6) is 7.51. The molecule has 1 unspecified atom stereocenters. The highest BCUT2D eigenvalue weighted by Gasteiger charge is 2.60. The lowest BCUT2D eigenvalue weighted by molar-refractivity contribution is -0.000378. The Morgan fingerprint density at radius 2 is 1.96 bits per heavy atom. The number of aliphatic imine (C=N–C) groups is 2. The SMILES string of the molecule is COC1CCC2(CC1)Cc1ccc(C#CC(C)C)cc1C21N=C(C)C(N)=N1. The van der Waals surface area contributed by atoms with Crippen LogP contribution in [0.1, 0.15) is 63.1 Å². The van der Waals surface area contributed by atoms with Gasteiger partial charge < -0.3 is 10.5 Å². The average molecular weight is 364 g/mol. The smallest absolute Gasteiger partial charge is 0.184 e. The van der Waals surface area contributed by atoms with Crippen molar-refractivity contribution in [2.45, 2.75) is 64.6 Å². The number of methoxy groups -OCH3 is 1. The molecule has 2 spiro atoms. The van der Waals surface area contributed by atoms with E-state index in [1.807, 2.05) is 14.0 Å². The third kappa shape index (κ3) is 2.80. The Kier molecular flexibility index (Phi) is 4.39. The van der Waals surface area contributed by atoms with Crippen molar-refractivity contribution in [1.82, 2.24) is 0 Å². The molecule has 3 aliphatic rings. The van der Waals surface area contributed by atoms with Crippen LogP contribution in [0.15, 0.2) is 28.2 Å². The van der Waals surface area contributed by atoms with Crippen LogP contribution in [0.25, 0.3) is 0 Å². The molecular formula is C23H29N3O. The fraction of sp³-hybridized carbons (Fsp3) is 0.565. The van der Waals surface area contributed by atoms with E-state index in [1.165, 1.54) is 11.1 Å². The Bertz CT molecular complexity index is 859. The molecule has 27 heavy (non-hydrogen) atoms. The van der Waals surface area contributed by atoms with Crippen molar-refractivity contribution >= 4 is 11.5 Å². The Balaban J connectivity index is 1.82. The summed E-state index contributed by atoms with van der Waals surface area (Å²) in [5.41, 5.74) is 10.1. The molecule has 0 bridgehead atoms. The molecule has 1 aromatic carbocycles. The van der Waals surface area contributed by atoms with Crippen molar-refractivity contribution in [2.24, 2.45) is 27.1 Å². The lowest BCUT2D eigenvalue weighted by atomic mass is 9.65. The van der Waals surface area contributed by atoms with Gasteiger partial charge in [0.1, 0.15) is 5.84 Å². The second-order valence-electron chi connectivity index (χ2n) is 8.55. The molecule has 1 aliphatic heterocycles. The Hall–Kier alpha value is -2.12. The number of ether oxygens (including phenoxy) is 1. The van der Waals surface area contributed by atoms with Crippen LogP contribution in [0.5, 0.6) is 0 Å². The van der Waals surface area contributed by atoms with Gasteiger partial charge in [-0.05, 0) is 56.7 Å². The molecule has 4 heteroatoms. The molecule has 1 saturated carbocycles. The number of amidine groups is 1. The average Bonchev–Trinajstić information content (AvgIpc) is 3.09. The summed E-state index contributed by atoms with van der Waals surface area (Å²) in [5, 5.41) is 0. The first-order valence-electron chi connectivity index (χ1n) is 9.99. The molecule has 0 amide bonds. The van der Waals surface area contributed by atoms with Crippen molar-refractivity contribution in [1.29, 1.82) is 0 Å². The molecule has 0 radical (unpaired) electrons. The van der Waals surface area contributed by atoms with E-state index in [4.69, 9.17) is 20.5 Å². The molecule has 4 nitrogen and oxygen atoms in total. The summed E-state index contributed by atoms with van der Waals surface area (Å²) in [4.78, 5) is 10.1. The summed E-state index contributed by atoms with van der Waals surface area (Å²) in [6.07, 6.45) is 5.56. The number of fused-ring (bicyclic) bond motifs is 3. The van der Waals surface area contributed by atoms with E-state index in [2.05, 4.69) is 43.9 Å². The van der Waals surface area contributed by atoms with Crippen molar-refractivity contribution < 1.29 is 4.74 Å². The number of hydrogen-bond acceptors (Lipinski definition) is 4. The van der Waals surface area contributed by atoms with Crippen molar-refractivity contribution in [3.8, 4) is 11.8 Å². The van der Waals surface area contributed by atoms with Crippen LogP contribution in [0, 0.1) is 23.2 Å². The van der Waals surface area contributed by atoms with E-state index in [0.29, 0.717) is 17.9 Å². The monoisotopic (exact) mass is 363 g/mol. The van der Waals surface area contributed by atoms with E-state index in [1.54, 1.807) is 0 Å². The van der Waals surface area contributed by atoms with Crippen LogP contribution in [0.4, 0.5) is 0 Å². The van der Waals surface area contributed by atoms with Gasteiger partial charge in [-0.3, -0.25) is 4.99 Å². The minimum absolute atomic E-state index is 0.00313. The topological polar surface area (TPSA) is 60.0 Å². The van der Waals surface area contributed by atoms with E-state index in [9.17, 15) is 0 Å². The Morgan fingerprint density at radius 1 is 1.22 bits per heavy atom. The zero-order valence-electron chi connectivity index (χ0n) is 16.8. The molecule has 1 aromatic rings. The largest absolute Gasteiger partial charge is 0.382 e. The van der Waals surface area contributed by atoms with E-state index < -0.39 is 5.66 Å². The third-order valence-corrected chi connectivity index (χ3v) is 6.46. The summed E-state index contributed by atoms with van der Waals surface area (Å²) < 4.78 is 5.62. The highest BCUT2D eigenvalue weighted by Crippen LogP contribution is 2.61. The minimum atomic E-state index is -0.579. The van der Waals surface area contributed by atoms with Crippen LogP contribution >= 0.6 is 0 Å². The fourth-order valence-electron chi connectivity index (χ4n) is 4.98. The number of nitrogens with two attached hydrogens (primary N) is 1. The maximum Gasteiger partial charge on any atom is 0.184 e. The van der Waals surface area contributed by atoms with Crippen LogP contribution in [0.2, 0.25) is 0 Å². The van der Waals surface area contributed by atoms with E-state index >= 15 is 0 Å². The Labute approximate surface area is 162 Å². The first-order valence-corrected chi connectivity index (χ1v) is 9.99. The molecule has 0 aromatic heterocycles. The number of hydrogen-bond donors (Lipinski definition) is 1. The van der Waals surface area contributed by atoms with Crippen LogP contribution < -0.4 is 5.73 Å². The minimum Gasteiger partial charge on any atom is -0.382 e. The van der Waals surface area contributed by atoms with Crippen molar-refractivity contribution in [2.75, 3.05) is 7.11 Å². The van der Waals surface area contributed by atoms with Crippen molar-refractivity contribution in [3.63, 3.8) is 0 Å². The maximum absolute atomic E-state index is 6.24. The molecule has 2 aliphatic carbocycles. The second-order valence-corrected chi connectivity index (χ2v) is 8.55. The van der Waals surface area contributed by atoms with Gasteiger partial charge in [0.2, 0.25) is 0 Å². The molecule has 0 saturated heterocycles. The van der Waals surface area contributed by atoms with Gasteiger partial charge in [0, 0.05) is 29.6 Å². The van der Waals surface area contributed by atoms with Crippen LogP contribution in [0.3, 0.4) is 0 Å². The fourth-order valence-corrected chi connectivity index (χ4v) is 4.98. The van der Waals surface area contributed by atoms with Gasteiger partial charge in [-0.25, -0.2) is 4.99 Å². The highest BCUT2D eigenvalue weighted by atomic mass is 16.5. The quantitative estimate of drug-likeness (QED) is 0.771. The Morgan fingerprint density at radius 3 is 2.56 bits per heavy atom. The van der Waals surface area contributed by atoms with Crippen molar-refractivity contribution in [3.05, 3.63) is 34.9 Å². The zero-order valence-corrected chi connectivity index (χ0v) is 16.8. The maximum atomic E-state index is 6.24. The van der Waals surface area contributed by atoms with Gasteiger partial charge >= 0.3 is 0 Å². The van der Waals surface area contributed by atoms with Crippen LogP contribution in [-0.4, -0.2) is 24.8 Å². The first kappa shape index (κ1) is 18.3. The normalized spacial score (nSPS) is 31.7. The van der Waals surface area contributed by atoms with Gasteiger partial charge in [-0.2, -0.15) is 0 Å². The van der Waals surface area contributed by atoms with Crippen LogP contribution in [-0.2, 0) is 16.8 Å². The standard InChI is InChI=1S/C23H29N3O/c1-15(2)5-6-17-7-8-18-14-22(11-9-19(27-4)10-12-22)23(20(18)13-17)25-16(3)21(24)26-23/h7-8,13,15,19H,9-12,14H2,1-4H3,(H2,24,26). The molecule has 1 heterocycles. The molecule has 4 rings (SSSR count). The van der Waals surface area contributed by atoms with Gasteiger partial charge in [0.25, 0.3) is 0 Å². The molecular weight excluding hydrogens is 334 g/mol. The van der Waals surface area contributed by atoms with Gasteiger partial charge in [0.15, 0.2) is 5.66 Å². The summed E-state index contributed by atoms with van der Waals surface area (Å²) >= 11 is 0. The molecule has 142 valence electrons. The first-order chi connectivity index (χ1) is 12.9. The highest BCUT2D eigenvalue weighted by molar-refractivity contribution is 6.41. The van der Waals surface area contributed by atoms with Gasteiger partial charge in [-0.15, -0.1) is 0 Å². The van der Waals surface area contributed by atoms with Gasteiger partial charge in [0.05, 0.1) is 11.8 Å². The molecule has 1 atom stereocenters. The second kappa shape index (κ2) is 6.49. The molecule has 2 N–H and O–H groups in total. The lowest BCUT2D eigenvalue weighted by Gasteiger charge is -2.44. The zero-order chi connectivity index (χ0) is 19.2. The van der Waals surface area contributed by atoms with Gasteiger partial charge in [-0.1, -0.05) is 31.8 Å². The summed E-state index contributed by atoms with van der Waals surface area (Å²) in [6.45, 7) is 6.20. The predicted molar refractivity (Wildman–Crippen MR) is 110 cm³/mol.